The first kappa shape index (κ1) is 16.1. The van der Waals surface area contributed by atoms with Crippen LogP contribution >= 0.6 is 15.9 Å². The average Bonchev–Trinajstić information content (AvgIpc) is 2.36. The highest BCUT2D eigenvalue weighted by Gasteiger charge is 2.32. The Labute approximate surface area is 121 Å². The lowest BCUT2D eigenvalue weighted by molar-refractivity contribution is -0.147. The summed E-state index contributed by atoms with van der Waals surface area (Å²) in [7, 11) is -3.69. The fourth-order valence-electron chi connectivity index (χ4n) is 1.30. The second kappa shape index (κ2) is 6.02. The van der Waals surface area contributed by atoms with E-state index in [0.29, 0.717) is 6.42 Å². The van der Waals surface area contributed by atoms with Crippen LogP contribution in [0.1, 0.15) is 20.3 Å². The molecule has 2 N–H and O–H groups in total. The maximum Gasteiger partial charge on any atom is 0.310 e. The van der Waals surface area contributed by atoms with Crippen LogP contribution in [0.5, 0.6) is 0 Å². The van der Waals surface area contributed by atoms with Crippen molar-refractivity contribution < 1.29 is 18.3 Å². The molecule has 0 saturated heterocycles. The number of carboxylic acid groups (broad SMARTS) is 1. The van der Waals surface area contributed by atoms with E-state index in [1.54, 1.807) is 19.1 Å². The van der Waals surface area contributed by atoms with Gasteiger partial charge in [0, 0.05) is 11.0 Å². The molecule has 1 atom stereocenters. The summed E-state index contributed by atoms with van der Waals surface area (Å²) < 4.78 is 27.1. The van der Waals surface area contributed by atoms with Crippen LogP contribution in [0.15, 0.2) is 33.6 Å². The minimum Gasteiger partial charge on any atom is -0.481 e. The Kier molecular flexibility index (Phi) is 5.11. The fraction of sp³-hybridized carbons (Fsp3) is 0.417. The van der Waals surface area contributed by atoms with Gasteiger partial charge in [-0.05, 0) is 37.6 Å². The van der Waals surface area contributed by atoms with Gasteiger partial charge in [0.2, 0.25) is 10.0 Å². The van der Waals surface area contributed by atoms with Crippen LogP contribution in [0.4, 0.5) is 0 Å². The first-order valence-corrected chi connectivity index (χ1v) is 7.97. The molecule has 1 aromatic rings. The van der Waals surface area contributed by atoms with Gasteiger partial charge >= 0.3 is 5.97 Å². The van der Waals surface area contributed by atoms with Gasteiger partial charge in [0.25, 0.3) is 0 Å². The van der Waals surface area contributed by atoms with E-state index in [1.165, 1.54) is 19.1 Å². The summed E-state index contributed by atoms with van der Waals surface area (Å²) in [6.07, 6.45) is 0.338. The SMILES string of the molecule is CCC(C)(CNS(=O)(=O)c1ccc(Br)cc1)C(=O)O. The van der Waals surface area contributed by atoms with Crippen molar-refractivity contribution in [2.45, 2.75) is 25.2 Å². The largest absolute Gasteiger partial charge is 0.481 e. The van der Waals surface area contributed by atoms with E-state index in [2.05, 4.69) is 20.7 Å². The lowest BCUT2D eigenvalue weighted by atomic mass is 9.88. The molecular formula is C12H16BrNO4S. The second-order valence-corrected chi connectivity index (χ2v) is 7.18. The number of benzene rings is 1. The Morgan fingerprint density at radius 3 is 2.32 bits per heavy atom. The minimum absolute atomic E-state index is 0.111. The number of aliphatic carboxylic acids is 1. The van der Waals surface area contributed by atoms with Crippen molar-refractivity contribution in [3.63, 3.8) is 0 Å². The van der Waals surface area contributed by atoms with Crippen molar-refractivity contribution in [2.24, 2.45) is 5.41 Å². The second-order valence-electron chi connectivity index (χ2n) is 4.50. The van der Waals surface area contributed by atoms with Gasteiger partial charge in [-0.25, -0.2) is 13.1 Å². The third kappa shape index (κ3) is 4.02. The molecule has 0 aliphatic carbocycles. The first-order chi connectivity index (χ1) is 8.71. The average molecular weight is 350 g/mol. The third-order valence-electron chi connectivity index (χ3n) is 3.07. The first-order valence-electron chi connectivity index (χ1n) is 5.70. The Hall–Kier alpha value is -0.920. The van der Waals surface area contributed by atoms with E-state index < -0.39 is 21.4 Å². The fourth-order valence-corrected chi connectivity index (χ4v) is 2.74. The lowest BCUT2D eigenvalue weighted by Crippen LogP contribution is -2.40. The topological polar surface area (TPSA) is 83.5 Å². The van der Waals surface area contributed by atoms with Crippen molar-refractivity contribution in [1.29, 1.82) is 0 Å². The normalized spacial score (nSPS) is 14.9. The van der Waals surface area contributed by atoms with Crippen LogP contribution in [-0.2, 0) is 14.8 Å². The minimum atomic E-state index is -3.69. The summed E-state index contributed by atoms with van der Waals surface area (Å²) in [5.74, 6) is -1.02. The van der Waals surface area contributed by atoms with Crippen LogP contribution in [0.25, 0.3) is 0 Å². The van der Waals surface area contributed by atoms with Gasteiger partial charge < -0.3 is 5.11 Å². The molecule has 0 radical (unpaired) electrons. The summed E-state index contributed by atoms with van der Waals surface area (Å²) in [5, 5.41) is 9.10. The van der Waals surface area contributed by atoms with E-state index in [-0.39, 0.29) is 11.4 Å². The number of hydrogen-bond donors (Lipinski definition) is 2. The Morgan fingerprint density at radius 2 is 1.89 bits per heavy atom. The van der Waals surface area contributed by atoms with Gasteiger partial charge in [-0.15, -0.1) is 0 Å². The van der Waals surface area contributed by atoms with Crippen LogP contribution in [0.3, 0.4) is 0 Å². The number of nitrogens with one attached hydrogen (secondary N) is 1. The molecule has 1 aromatic carbocycles. The van der Waals surface area contributed by atoms with Crippen molar-refractivity contribution >= 4 is 31.9 Å². The van der Waals surface area contributed by atoms with E-state index in [4.69, 9.17) is 5.11 Å². The highest BCUT2D eigenvalue weighted by molar-refractivity contribution is 9.10. The number of hydrogen-bond acceptors (Lipinski definition) is 3. The molecule has 0 heterocycles. The molecule has 0 aliphatic rings. The predicted molar refractivity (Wildman–Crippen MR) is 75.4 cm³/mol. The van der Waals surface area contributed by atoms with E-state index in [1.807, 2.05) is 0 Å². The van der Waals surface area contributed by atoms with Gasteiger partial charge in [-0.3, -0.25) is 4.79 Å². The predicted octanol–water partition coefficient (Wildman–Crippen LogP) is 2.23. The number of carbonyl (C=O) groups is 1. The molecule has 5 nitrogen and oxygen atoms in total. The Morgan fingerprint density at radius 1 is 1.37 bits per heavy atom. The van der Waals surface area contributed by atoms with Crippen LogP contribution in [0, 0.1) is 5.41 Å². The van der Waals surface area contributed by atoms with Crippen LogP contribution in [0.2, 0.25) is 0 Å². The Balaban J connectivity index is 2.87. The van der Waals surface area contributed by atoms with Crippen molar-refractivity contribution in [1.82, 2.24) is 4.72 Å². The summed E-state index contributed by atoms with van der Waals surface area (Å²) in [4.78, 5) is 11.2. The molecule has 19 heavy (non-hydrogen) atoms. The lowest BCUT2D eigenvalue weighted by Gasteiger charge is -2.23. The molecule has 0 amide bonds. The van der Waals surface area contributed by atoms with Crippen molar-refractivity contribution in [3.05, 3.63) is 28.7 Å². The van der Waals surface area contributed by atoms with E-state index >= 15 is 0 Å². The summed E-state index contributed by atoms with van der Waals surface area (Å²) >= 11 is 3.22. The molecule has 0 aromatic heterocycles. The maximum absolute atomic E-state index is 12.0. The zero-order valence-corrected chi connectivity index (χ0v) is 13.1. The number of sulfonamides is 1. The number of halogens is 1. The monoisotopic (exact) mass is 349 g/mol. The summed E-state index contributed by atoms with van der Waals surface area (Å²) in [6.45, 7) is 3.08. The third-order valence-corrected chi connectivity index (χ3v) is 5.02. The zero-order chi connectivity index (χ0) is 14.7. The van der Waals surface area contributed by atoms with E-state index in [0.717, 1.165) is 4.47 Å². The zero-order valence-electron chi connectivity index (χ0n) is 10.7. The molecule has 106 valence electrons. The van der Waals surface area contributed by atoms with Crippen LogP contribution < -0.4 is 4.72 Å². The molecule has 0 spiro atoms. The molecule has 0 aliphatic heterocycles. The van der Waals surface area contributed by atoms with Gasteiger partial charge in [0.05, 0.1) is 10.3 Å². The molecule has 1 unspecified atom stereocenters. The van der Waals surface area contributed by atoms with Gasteiger partial charge in [-0.2, -0.15) is 0 Å². The standard InChI is InChI=1S/C12H16BrNO4S/c1-3-12(2,11(15)16)8-14-19(17,18)10-6-4-9(13)5-7-10/h4-7,14H,3,8H2,1-2H3,(H,15,16). The van der Waals surface area contributed by atoms with Gasteiger partial charge in [-0.1, -0.05) is 22.9 Å². The summed E-state index contributed by atoms with van der Waals surface area (Å²) in [6, 6.07) is 6.14. The molecule has 0 fully saturated rings. The molecule has 0 saturated carbocycles. The molecule has 1 rings (SSSR count). The quantitative estimate of drug-likeness (QED) is 0.824. The molecule has 0 bridgehead atoms. The maximum atomic E-state index is 12.0. The van der Waals surface area contributed by atoms with Gasteiger partial charge in [0.15, 0.2) is 0 Å². The van der Waals surface area contributed by atoms with Gasteiger partial charge in [0.1, 0.15) is 0 Å². The summed E-state index contributed by atoms with van der Waals surface area (Å²) in [5.41, 5.74) is -1.11. The smallest absolute Gasteiger partial charge is 0.310 e. The van der Waals surface area contributed by atoms with Crippen LogP contribution in [-0.4, -0.2) is 26.0 Å². The molecular weight excluding hydrogens is 334 g/mol. The van der Waals surface area contributed by atoms with E-state index in [9.17, 15) is 13.2 Å². The highest BCUT2D eigenvalue weighted by Crippen LogP contribution is 2.21. The van der Waals surface area contributed by atoms with Crippen molar-refractivity contribution in [2.75, 3.05) is 6.54 Å². The number of carboxylic acids is 1. The van der Waals surface area contributed by atoms with Crippen molar-refractivity contribution in [3.8, 4) is 0 Å². The molecule has 7 heteroatoms. The number of rotatable bonds is 6. The Bertz CT molecular complexity index is 556. The highest BCUT2D eigenvalue weighted by atomic mass is 79.9.